The Morgan fingerprint density at radius 3 is 2.49 bits per heavy atom. The highest BCUT2D eigenvalue weighted by Crippen LogP contribution is 2.31. The van der Waals surface area contributed by atoms with E-state index in [1.165, 1.54) is 17.1 Å². The van der Waals surface area contributed by atoms with E-state index in [1.54, 1.807) is 17.5 Å². The Morgan fingerprint density at radius 1 is 1.09 bits per heavy atom. The Bertz CT molecular complexity index is 1250. The van der Waals surface area contributed by atoms with E-state index in [4.69, 9.17) is 4.74 Å². The van der Waals surface area contributed by atoms with Gasteiger partial charge in [0.15, 0.2) is 0 Å². The molecule has 0 radical (unpaired) electrons. The van der Waals surface area contributed by atoms with Gasteiger partial charge in [0.1, 0.15) is 29.5 Å². The van der Waals surface area contributed by atoms with Crippen molar-refractivity contribution < 1.29 is 22.1 Å². The monoisotopic (exact) mass is 503 g/mol. The fourth-order valence-electron chi connectivity index (χ4n) is 3.95. The standard InChI is InChI=1S/C22H20F3N7O2S/c23-22(24,25)16-1-6-20(26-11-16)31-9-7-15(8-10-31)21-28-17(13-35(21)33)12-34-19-4-2-18(3-5-19)32-14-27-29-30-32/h1-6,11,13-15H,7-10,12H2. The number of hydrogen-bond donors (Lipinski definition) is 0. The summed E-state index contributed by atoms with van der Waals surface area (Å²) in [7, 11) is -1.32. The Hall–Kier alpha value is -3.61. The topological polar surface area (TPSA) is 98.4 Å². The van der Waals surface area contributed by atoms with Crippen LogP contribution in [0.1, 0.15) is 18.4 Å². The Morgan fingerprint density at radius 2 is 1.86 bits per heavy atom. The van der Waals surface area contributed by atoms with Gasteiger partial charge in [0.05, 0.1) is 27.7 Å². The predicted octanol–water partition coefficient (Wildman–Crippen LogP) is 3.37. The third-order valence-corrected chi connectivity index (χ3v) is 7.11. The van der Waals surface area contributed by atoms with Crippen LogP contribution in [0.15, 0.2) is 65.0 Å². The first-order chi connectivity index (χ1) is 16.9. The van der Waals surface area contributed by atoms with Crippen molar-refractivity contribution in [2.45, 2.75) is 19.0 Å². The molecule has 4 heterocycles. The largest absolute Gasteiger partial charge is 0.487 e. The van der Waals surface area contributed by atoms with Gasteiger partial charge in [0, 0.05) is 30.6 Å². The first-order valence-corrected chi connectivity index (χ1v) is 12.0. The molecule has 3 aromatic rings. The molecule has 9 nitrogen and oxygen atoms in total. The number of aliphatic imine (C=N–C) groups is 1. The van der Waals surface area contributed by atoms with Crippen molar-refractivity contribution >= 4 is 21.7 Å². The predicted molar refractivity (Wildman–Crippen MR) is 122 cm³/mol. The summed E-state index contributed by atoms with van der Waals surface area (Å²) >= 11 is 0. The fourth-order valence-corrected chi connectivity index (χ4v) is 5.21. The summed E-state index contributed by atoms with van der Waals surface area (Å²) in [4.78, 5) is 10.5. The van der Waals surface area contributed by atoms with E-state index in [0.717, 1.165) is 18.0 Å². The van der Waals surface area contributed by atoms with Gasteiger partial charge in [0.2, 0.25) is 0 Å². The van der Waals surface area contributed by atoms with Crippen molar-refractivity contribution in [3.63, 3.8) is 0 Å². The molecule has 1 aromatic carbocycles. The van der Waals surface area contributed by atoms with Gasteiger partial charge in [-0.25, -0.2) is 18.9 Å². The van der Waals surface area contributed by atoms with Crippen molar-refractivity contribution in [1.82, 2.24) is 25.2 Å². The fraction of sp³-hybridized carbons (Fsp3) is 0.318. The van der Waals surface area contributed by atoms with Crippen LogP contribution in [0.5, 0.6) is 5.75 Å². The van der Waals surface area contributed by atoms with Gasteiger partial charge >= 0.3 is 6.18 Å². The van der Waals surface area contributed by atoms with Crippen LogP contribution in [-0.2, 0) is 17.0 Å². The molecule has 0 aliphatic carbocycles. The summed E-state index contributed by atoms with van der Waals surface area (Å²) in [5.74, 6) is 1.17. The third-order valence-electron chi connectivity index (χ3n) is 5.78. The Labute approximate surface area is 200 Å². The molecule has 1 unspecified atom stereocenters. The molecular weight excluding hydrogens is 483 g/mol. The van der Waals surface area contributed by atoms with Gasteiger partial charge in [-0.3, -0.25) is 0 Å². The highest BCUT2D eigenvalue weighted by molar-refractivity contribution is 8.03. The summed E-state index contributed by atoms with van der Waals surface area (Å²) in [5, 5.41) is 13.3. The smallest absolute Gasteiger partial charge is 0.417 e. The number of ether oxygens (including phenoxy) is 1. The van der Waals surface area contributed by atoms with Crippen molar-refractivity contribution in [2.75, 3.05) is 24.6 Å². The van der Waals surface area contributed by atoms with Gasteiger partial charge in [0.25, 0.3) is 0 Å². The molecule has 0 saturated carbocycles. The van der Waals surface area contributed by atoms with Crippen LogP contribution in [0.2, 0.25) is 0 Å². The highest BCUT2D eigenvalue weighted by Gasteiger charge is 2.32. The second kappa shape index (κ2) is 9.56. The Balaban J connectivity index is 1.15. The van der Waals surface area contributed by atoms with Crippen molar-refractivity contribution in [3.8, 4) is 11.4 Å². The molecular formula is C22H20F3N7O2S. The highest BCUT2D eigenvalue weighted by atomic mass is 32.2. The molecule has 1 saturated heterocycles. The molecule has 1 atom stereocenters. The summed E-state index contributed by atoms with van der Waals surface area (Å²) in [5.41, 5.74) is 0.632. The Kier molecular flexibility index (Phi) is 6.32. The molecule has 0 amide bonds. The van der Waals surface area contributed by atoms with Crippen molar-refractivity contribution in [3.05, 3.63) is 65.6 Å². The number of tetrazole rings is 1. The van der Waals surface area contributed by atoms with E-state index < -0.39 is 22.5 Å². The van der Waals surface area contributed by atoms with Crippen LogP contribution in [0, 0.1) is 5.92 Å². The number of benzene rings is 1. The number of anilines is 1. The average Bonchev–Trinajstić information content (AvgIpc) is 3.53. The molecule has 0 N–H and O–H groups in total. The third kappa shape index (κ3) is 5.24. The molecule has 2 aliphatic rings. The number of nitrogens with zero attached hydrogens (tertiary/aromatic N) is 7. The average molecular weight is 504 g/mol. The number of rotatable bonds is 6. The van der Waals surface area contributed by atoms with Gasteiger partial charge in [-0.05, 0) is 59.7 Å². The van der Waals surface area contributed by atoms with Crippen molar-refractivity contribution in [1.29, 1.82) is 0 Å². The zero-order valence-corrected chi connectivity index (χ0v) is 19.1. The van der Waals surface area contributed by atoms with Crippen LogP contribution in [0.4, 0.5) is 19.0 Å². The maximum absolute atomic E-state index is 12.8. The van der Waals surface area contributed by atoms with Crippen LogP contribution in [-0.4, -0.2) is 54.1 Å². The summed E-state index contributed by atoms with van der Waals surface area (Å²) in [6, 6.07) is 9.65. The molecule has 2 aliphatic heterocycles. The lowest BCUT2D eigenvalue weighted by Gasteiger charge is -2.32. The van der Waals surface area contributed by atoms with E-state index in [2.05, 4.69) is 25.5 Å². The lowest BCUT2D eigenvalue weighted by Crippen LogP contribution is -2.37. The maximum atomic E-state index is 12.8. The zero-order valence-electron chi connectivity index (χ0n) is 18.3. The van der Waals surface area contributed by atoms with Gasteiger partial charge in [-0.2, -0.15) is 13.2 Å². The SMILES string of the molecule is O=S1C=C(COc2ccc(-n3cnnn3)cc2)N=C1C1CCN(c2ccc(C(F)(F)F)cn2)CC1. The lowest BCUT2D eigenvalue weighted by atomic mass is 9.98. The first kappa shape index (κ1) is 23.1. The minimum atomic E-state index is -4.41. The molecule has 0 spiro atoms. The lowest BCUT2D eigenvalue weighted by molar-refractivity contribution is -0.137. The second-order valence-corrected chi connectivity index (χ2v) is 9.31. The van der Waals surface area contributed by atoms with Crippen molar-refractivity contribution in [2.24, 2.45) is 10.9 Å². The summed E-state index contributed by atoms with van der Waals surface area (Å²) < 4.78 is 58.2. The van der Waals surface area contributed by atoms with Crippen LogP contribution >= 0.6 is 0 Å². The van der Waals surface area contributed by atoms with Gasteiger partial charge in [-0.15, -0.1) is 5.10 Å². The maximum Gasteiger partial charge on any atom is 0.417 e. The second-order valence-electron chi connectivity index (χ2n) is 8.06. The minimum absolute atomic E-state index is 0.0332. The van der Waals surface area contributed by atoms with Gasteiger partial charge in [-0.1, -0.05) is 0 Å². The number of hydrogen-bond acceptors (Lipinski definition) is 8. The van der Waals surface area contributed by atoms with Crippen LogP contribution in [0.25, 0.3) is 5.69 Å². The van der Waals surface area contributed by atoms with E-state index in [9.17, 15) is 17.4 Å². The molecule has 2 aromatic heterocycles. The molecule has 0 bridgehead atoms. The number of alkyl halides is 3. The number of halogens is 3. The van der Waals surface area contributed by atoms with E-state index in [0.29, 0.717) is 48.2 Å². The molecule has 5 rings (SSSR count). The zero-order chi connectivity index (χ0) is 24.4. The number of aromatic nitrogens is 5. The summed E-state index contributed by atoms with van der Waals surface area (Å²) in [6.45, 7) is 1.38. The normalized spacial score (nSPS) is 18.9. The molecule has 13 heteroatoms. The van der Waals surface area contributed by atoms with E-state index in [1.807, 2.05) is 17.0 Å². The number of pyridine rings is 1. The first-order valence-electron chi connectivity index (χ1n) is 10.8. The summed E-state index contributed by atoms with van der Waals surface area (Å²) in [6.07, 6.45) is -0.680. The minimum Gasteiger partial charge on any atom is -0.487 e. The molecule has 1 fully saturated rings. The van der Waals surface area contributed by atoms with E-state index in [-0.39, 0.29) is 12.5 Å². The quantitative estimate of drug-likeness (QED) is 0.509. The number of piperidine rings is 1. The van der Waals surface area contributed by atoms with E-state index >= 15 is 0 Å². The van der Waals surface area contributed by atoms with Crippen LogP contribution in [0.3, 0.4) is 0 Å². The van der Waals surface area contributed by atoms with Gasteiger partial charge < -0.3 is 9.64 Å². The van der Waals surface area contributed by atoms with Crippen LogP contribution < -0.4 is 9.64 Å². The molecule has 182 valence electrons. The molecule has 35 heavy (non-hydrogen) atoms.